The Morgan fingerprint density at radius 3 is 2.61 bits per heavy atom. The maximum absolute atomic E-state index is 4.67. The molecule has 2 rings (SSSR count). The van der Waals surface area contributed by atoms with Crippen LogP contribution >= 0.6 is 11.8 Å². The van der Waals surface area contributed by atoms with E-state index in [1.165, 1.54) is 37.3 Å². The predicted octanol–water partition coefficient (Wildman–Crippen LogP) is 4.06. The number of nitrogens with one attached hydrogen (secondary N) is 1. The number of hydrogen-bond donors (Lipinski definition) is 1. The van der Waals surface area contributed by atoms with Crippen molar-refractivity contribution in [1.82, 2.24) is 5.32 Å². The summed E-state index contributed by atoms with van der Waals surface area (Å²) in [6.45, 7) is 10.4. The average molecular weight is 268 g/mol. The molecule has 104 valence electrons. The van der Waals surface area contributed by atoms with Gasteiger partial charge < -0.3 is 5.32 Å². The number of nitrogens with zero attached hydrogens (tertiary/aromatic N) is 1. The molecule has 1 aliphatic carbocycles. The summed E-state index contributed by atoms with van der Waals surface area (Å²) in [4.78, 5) is 4.67. The Morgan fingerprint density at radius 2 is 2.00 bits per heavy atom. The zero-order valence-electron chi connectivity index (χ0n) is 12.3. The quantitative estimate of drug-likeness (QED) is 0.834. The molecule has 0 aromatic heterocycles. The fourth-order valence-corrected chi connectivity index (χ4v) is 4.19. The van der Waals surface area contributed by atoms with Crippen LogP contribution in [0.1, 0.15) is 59.8 Å². The van der Waals surface area contributed by atoms with Crippen molar-refractivity contribution in [1.29, 1.82) is 0 Å². The van der Waals surface area contributed by atoms with Crippen molar-refractivity contribution >= 4 is 16.9 Å². The highest BCUT2D eigenvalue weighted by atomic mass is 32.2. The van der Waals surface area contributed by atoms with E-state index in [-0.39, 0.29) is 0 Å². The first-order valence-corrected chi connectivity index (χ1v) is 8.30. The van der Waals surface area contributed by atoms with Crippen LogP contribution in [0.3, 0.4) is 0 Å². The molecule has 1 N–H and O–H groups in total. The van der Waals surface area contributed by atoms with Gasteiger partial charge in [0.25, 0.3) is 0 Å². The minimum atomic E-state index is 0.559. The van der Waals surface area contributed by atoms with E-state index in [1.807, 2.05) is 11.8 Å². The topological polar surface area (TPSA) is 24.4 Å². The molecule has 0 radical (unpaired) electrons. The van der Waals surface area contributed by atoms with Gasteiger partial charge in [-0.2, -0.15) is 0 Å². The van der Waals surface area contributed by atoms with Crippen LogP contribution in [0.15, 0.2) is 4.99 Å². The van der Waals surface area contributed by atoms with E-state index in [4.69, 9.17) is 0 Å². The lowest BCUT2D eigenvalue weighted by atomic mass is 9.76. The van der Waals surface area contributed by atoms with Crippen LogP contribution in [0, 0.1) is 11.3 Å². The Labute approximate surface area is 116 Å². The van der Waals surface area contributed by atoms with Crippen molar-refractivity contribution in [2.75, 3.05) is 6.54 Å². The fraction of sp³-hybridized carbons (Fsp3) is 0.933. The number of thioether (sulfide) groups is 1. The number of aliphatic imine (C=N–C) groups is 1. The molecular formula is C15H28N2S. The van der Waals surface area contributed by atoms with Crippen LogP contribution < -0.4 is 5.32 Å². The molecule has 0 amide bonds. The summed E-state index contributed by atoms with van der Waals surface area (Å²) in [6, 6.07) is 0.669. The molecule has 0 spiro atoms. The summed E-state index contributed by atoms with van der Waals surface area (Å²) in [7, 11) is 0. The summed E-state index contributed by atoms with van der Waals surface area (Å²) in [5, 5.41) is 5.60. The summed E-state index contributed by atoms with van der Waals surface area (Å²) < 4.78 is 0. The largest absolute Gasteiger partial charge is 0.362 e. The van der Waals surface area contributed by atoms with E-state index in [0.717, 1.165) is 12.5 Å². The molecule has 1 unspecified atom stereocenters. The first kappa shape index (κ1) is 14.2. The molecule has 1 saturated carbocycles. The minimum absolute atomic E-state index is 0.559. The summed E-state index contributed by atoms with van der Waals surface area (Å²) in [5.74, 6) is 0.785. The zero-order valence-corrected chi connectivity index (χ0v) is 13.1. The second-order valence-corrected chi connectivity index (χ2v) is 8.39. The Bertz CT molecular complexity index is 300. The Kier molecular flexibility index (Phi) is 4.63. The van der Waals surface area contributed by atoms with Crippen molar-refractivity contribution < 1.29 is 0 Å². The van der Waals surface area contributed by atoms with Crippen LogP contribution in [0.25, 0.3) is 0 Å². The third-order valence-corrected chi connectivity index (χ3v) is 5.26. The van der Waals surface area contributed by atoms with Gasteiger partial charge in [-0.25, -0.2) is 0 Å². The van der Waals surface area contributed by atoms with Gasteiger partial charge in [-0.05, 0) is 43.4 Å². The molecule has 1 atom stereocenters. The Balaban J connectivity index is 1.72. The highest BCUT2D eigenvalue weighted by Crippen LogP contribution is 2.35. The van der Waals surface area contributed by atoms with E-state index in [1.54, 1.807) is 0 Å². The van der Waals surface area contributed by atoms with Crippen LogP contribution in [-0.4, -0.2) is 23.0 Å². The van der Waals surface area contributed by atoms with Crippen molar-refractivity contribution in [2.24, 2.45) is 16.3 Å². The average Bonchev–Trinajstić information content (AvgIpc) is 2.68. The lowest BCUT2D eigenvalue weighted by molar-refractivity contribution is 0.217. The first-order chi connectivity index (χ1) is 8.44. The molecule has 3 heteroatoms. The molecule has 18 heavy (non-hydrogen) atoms. The van der Waals surface area contributed by atoms with Gasteiger partial charge >= 0.3 is 0 Å². The van der Waals surface area contributed by atoms with Crippen molar-refractivity contribution in [3.63, 3.8) is 0 Å². The standard InChI is InChI=1S/C15H28N2S/c1-11(2)9-13-10-16-14(18-13)17-12-5-7-15(3,4)8-6-12/h11-13H,5-10H2,1-4H3,(H,16,17). The molecule has 0 aromatic carbocycles. The molecule has 2 nitrogen and oxygen atoms in total. The van der Waals surface area contributed by atoms with E-state index >= 15 is 0 Å². The highest BCUT2D eigenvalue weighted by Gasteiger charge is 2.28. The lowest BCUT2D eigenvalue weighted by Gasteiger charge is -2.34. The van der Waals surface area contributed by atoms with E-state index in [2.05, 4.69) is 38.0 Å². The van der Waals surface area contributed by atoms with Crippen LogP contribution in [0.5, 0.6) is 0 Å². The number of amidine groups is 1. The van der Waals surface area contributed by atoms with Gasteiger partial charge in [0.05, 0.1) is 6.54 Å². The molecular weight excluding hydrogens is 240 g/mol. The van der Waals surface area contributed by atoms with Gasteiger partial charge in [0, 0.05) is 11.3 Å². The molecule has 1 fully saturated rings. The minimum Gasteiger partial charge on any atom is -0.362 e. The maximum atomic E-state index is 4.67. The van der Waals surface area contributed by atoms with Crippen molar-refractivity contribution in [3.8, 4) is 0 Å². The van der Waals surface area contributed by atoms with Gasteiger partial charge in [0.15, 0.2) is 5.17 Å². The maximum Gasteiger partial charge on any atom is 0.157 e. The van der Waals surface area contributed by atoms with Crippen LogP contribution in [0.4, 0.5) is 0 Å². The molecule has 0 saturated heterocycles. The third-order valence-electron chi connectivity index (χ3n) is 4.12. The second kappa shape index (κ2) is 5.85. The van der Waals surface area contributed by atoms with Crippen LogP contribution in [-0.2, 0) is 0 Å². The summed E-state index contributed by atoms with van der Waals surface area (Å²) >= 11 is 1.97. The number of hydrogen-bond acceptors (Lipinski definition) is 3. The van der Waals surface area contributed by atoms with Crippen molar-refractivity contribution in [2.45, 2.75) is 71.1 Å². The van der Waals surface area contributed by atoms with E-state index in [9.17, 15) is 0 Å². The Morgan fingerprint density at radius 1 is 1.33 bits per heavy atom. The monoisotopic (exact) mass is 268 g/mol. The van der Waals surface area contributed by atoms with Gasteiger partial charge in [-0.15, -0.1) is 0 Å². The van der Waals surface area contributed by atoms with Gasteiger partial charge in [0.2, 0.25) is 0 Å². The normalized spacial score (nSPS) is 28.5. The Hall–Kier alpha value is -0.180. The second-order valence-electron chi connectivity index (χ2n) is 7.10. The molecule has 2 aliphatic rings. The third kappa shape index (κ3) is 4.18. The van der Waals surface area contributed by atoms with Crippen LogP contribution in [0.2, 0.25) is 0 Å². The first-order valence-electron chi connectivity index (χ1n) is 7.42. The smallest absolute Gasteiger partial charge is 0.157 e. The molecule has 1 aliphatic heterocycles. The fourth-order valence-electron chi connectivity index (χ4n) is 2.86. The number of rotatable bonds is 3. The predicted molar refractivity (Wildman–Crippen MR) is 82.3 cm³/mol. The molecule has 0 aromatic rings. The van der Waals surface area contributed by atoms with Gasteiger partial charge in [0.1, 0.15) is 0 Å². The molecule has 0 bridgehead atoms. The van der Waals surface area contributed by atoms with Crippen molar-refractivity contribution in [3.05, 3.63) is 0 Å². The summed E-state index contributed by atoms with van der Waals surface area (Å²) in [5.41, 5.74) is 0.559. The lowest BCUT2D eigenvalue weighted by Crippen LogP contribution is -2.37. The van der Waals surface area contributed by atoms with Gasteiger partial charge in [-0.1, -0.05) is 39.5 Å². The van der Waals surface area contributed by atoms with Gasteiger partial charge in [-0.3, -0.25) is 4.99 Å². The summed E-state index contributed by atoms with van der Waals surface area (Å²) in [6.07, 6.45) is 6.59. The van der Waals surface area contributed by atoms with E-state index < -0.39 is 0 Å². The zero-order chi connectivity index (χ0) is 13.2. The van der Waals surface area contributed by atoms with E-state index in [0.29, 0.717) is 16.7 Å². The molecule has 1 heterocycles. The highest BCUT2D eigenvalue weighted by molar-refractivity contribution is 8.14. The SMILES string of the molecule is CC(C)CC1CN=C(NC2CCC(C)(C)CC2)S1.